The molecule has 9 aromatic carbocycles. The second-order valence-electron chi connectivity index (χ2n) is 13.6. The Balaban J connectivity index is 1.11. The summed E-state index contributed by atoms with van der Waals surface area (Å²) in [6.45, 7) is 0. The number of hydrogen-bond donors (Lipinski definition) is 0. The topological polar surface area (TPSA) is 51.8 Å². The van der Waals surface area contributed by atoms with Crippen molar-refractivity contribution in [2.24, 2.45) is 0 Å². The number of fused-ring (bicyclic) bond motifs is 8. The van der Waals surface area contributed by atoms with Crippen molar-refractivity contribution < 1.29 is 4.42 Å². The first-order valence-corrected chi connectivity index (χ1v) is 17.8. The smallest absolute Gasteiger partial charge is 0.164 e. The van der Waals surface area contributed by atoms with Gasteiger partial charge < -0.3 is 4.42 Å². The summed E-state index contributed by atoms with van der Waals surface area (Å²) in [7, 11) is 0. The molecule has 0 fully saturated rings. The lowest BCUT2D eigenvalue weighted by Gasteiger charge is -2.11. The van der Waals surface area contributed by atoms with E-state index in [1.54, 1.807) is 0 Å². The summed E-state index contributed by atoms with van der Waals surface area (Å²) < 4.78 is 6.58. The Kier molecular flexibility index (Phi) is 6.52. The maximum Gasteiger partial charge on any atom is 0.164 e. The number of furan rings is 1. The molecule has 53 heavy (non-hydrogen) atoms. The van der Waals surface area contributed by atoms with E-state index in [4.69, 9.17) is 19.4 Å². The molecular weight excluding hydrogens is 647 g/mol. The molecule has 2 heterocycles. The van der Waals surface area contributed by atoms with Crippen LogP contribution in [0.5, 0.6) is 0 Å². The first kappa shape index (κ1) is 29.5. The van der Waals surface area contributed by atoms with Gasteiger partial charge >= 0.3 is 0 Å². The normalized spacial score (nSPS) is 11.8. The molecule has 0 unspecified atom stereocenters. The van der Waals surface area contributed by atoms with Crippen LogP contribution in [0.4, 0.5) is 0 Å². The highest BCUT2D eigenvalue weighted by Gasteiger charge is 2.19. The lowest BCUT2D eigenvalue weighted by molar-refractivity contribution is 0.669. The maximum atomic E-state index is 6.58. The molecule has 0 saturated heterocycles. The average molecular weight is 676 g/mol. The fourth-order valence-electron chi connectivity index (χ4n) is 7.89. The highest BCUT2D eigenvalue weighted by atomic mass is 16.3. The molecule has 0 spiro atoms. The number of aromatic nitrogens is 3. The van der Waals surface area contributed by atoms with Gasteiger partial charge in [0.05, 0.1) is 0 Å². The molecule has 0 aliphatic rings. The zero-order valence-corrected chi connectivity index (χ0v) is 28.5. The Morgan fingerprint density at radius 3 is 1.70 bits per heavy atom. The van der Waals surface area contributed by atoms with Crippen LogP contribution in [0.25, 0.3) is 110 Å². The van der Waals surface area contributed by atoms with Gasteiger partial charge in [0.2, 0.25) is 0 Å². The van der Waals surface area contributed by atoms with Crippen molar-refractivity contribution in [3.63, 3.8) is 0 Å². The molecule has 0 saturated carbocycles. The van der Waals surface area contributed by atoms with Crippen molar-refractivity contribution in [3.8, 4) is 45.3 Å². The largest absolute Gasteiger partial charge is 0.456 e. The molecule has 246 valence electrons. The molecule has 11 rings (SSSR count). The Morgan fingerprint density at radius 2 is 0.849 bits per heavy atom. The van der Waals surface area contributed by atoms with Gasteiger partial charge in [-0.25, -0.2) is 15.0 Å². The zero-order chi connectivity index (χ0) is 34.9. The zero-order valence-electron chi connectivity index (χ0n) is 28.5. The summed E-state index contributed by atoms with van der Waals surface area (Å²) in [5, 5.41) is 11.5. The first-order valence-electron chi connectivity index (χ1n) is 17.8. The van der Waals surface area contributed by atoms with Crippen LogP contribution in [0.2, 0.25) is 0 Å². The second-order valence-corrected chi connectivity index (χ2v) is 13.6. The van der Waals surface area contributed by atoms with E-state index >= 15 is 0 Å². The monoisotopic (exact) mass is 675 g/mol. The number of nitrogens with zero attached hydrogens (tertiary/aromatic N) is 3. The summed E-state index contributed by atoms with van der Waals surface area (Å²) in [4.78, 5) is 15.5. The van der Waals surface area contributed by atoms with Crippen molar-refractivity contribution in [1.82, 2.24) is 15.0 Å². The highest BCUT2D eigenvalue weighted by molar-refractivity contribution is 6.13. The Morgan fingerprint density at radius 1 is 0.302 bits per heavy atom. The molecular formula is C49H29N3O. The molecule has 0 N–H and O–H groups in total. The van der Waals surface area contributed by atoms with Gasteiger partial charge in [-0.15, -0.1) is 0 Å². The van der Waals surface area contributed by atoms with Gasteiger partial charge in [-0.3, -0.25) is 0 Å². The number of hydrogen-bond acceptors (Lipinski definition) is 4. The highest BCUT2D eigenvalue weighted by Crippen LogP contribution is 2.39. The van der Waals surface area contributed by atoms with E-state index in [0.29, 0.717) is 17.5 Å². The fourth-order valence-corrected chi connectivity index (χ4v) is 7.89. The van der Waals surface area contributed by atoms with Crippen LogP contribution in [0, 0.1) is 0 Å². The van der Waals surface area contributed by atoms with Crippen LogP contribution >= 0.6 is 0 Å². The van der Waals surface area contributed by atoms with Gasteiger partial charge in [0.25, 0.3) is 0 Å². The molecule has 0 amide bonds. The van der Waals surface area contributed by atoms with Crippen molar-refractivity contribution in [3.05, 3.63) is 176 Å². The van der Waals surface area contributed by atoms with Crippen LogP contribution in [-0.4, -0.2) is 15.0 Å². The fraction of sp³-hybridized carbons (Fsp3) is 0. The average Bonchev–Trinajstić information content (AvgIpc) is 3.61. The van der Waals surface area contributed by atoms with E-state index < -0.39 is 0 Å². The van der Waals surface area contributed by atoms with Crippen LogP contribution < -0.4 is 0 Å². The third kappa shape index (κ3) is 4.88. The van der Waals surface area contributed by atoms with Gasteiger partial charge in [0.15, 0.2) is 17.5 Å². The third-order valence-electron chi connectivity index (χ3n) is 10.5. The summed E-state index contributed by atoms with van der Waals surface area (Å²) in [5.74, 6) is 1.84. The van der Waals surface area contributed by atoms with Gasteiger partial charge in [0, 0.05) is 27.5 Å². The van der Waals surface area contributed by atoms with E-state index in [0.717, 1.165) is 55.0 Å². The molecule has 11 aromatic rings. The van der Waals surface area contributed by atoms with E-state index in [9.17, 15) is 0 Å². The van der Waals surface area contributed by atoms with Crippen molar-refractivity contribution >= 4 is 65.0 Å². The van der Waals surface area contributed by atoms with E-state index in [2.05, 4.69) is 164 Å². The lowest BCUT2D eigenvalue weighted by atomic mass is 9.97. The first-order chi connectivity index (χ1) is 26.2. The molecule has 0 atom stereocenters. The molecule has 0 radical (unpaired) electrons. The maximum absolute atomic E-state index is 6.58. The molecule has 4 nitrogen and oxygen atoms in total. The minimum atomic E-state index is 0.600. The van der Waals surface area contributed by atoms with Gasteiger partial charge in [-0.1, -0.05) is 146 Å². The Hall–Kier alpha value is -7.17. The predicted octanol–water partition coefficient (Wildman–Crippen LogP) is 13.1. The van der Waals surface area contributed by atoms with Crippen molar-refractivity contribution in [2.75, 3.05) is 0 Å². The van der Waals surface area contributed by atoms with Crippen molar-refractivity contribution in [2.45, 2.75) is 0 Å². The summed E-state index contributed by atoms with van der Waals surface area (Å²) in [5.41, 5.74) is 6.67. The van der Waals surface area contributed by atoms with E-state index in [1.165, 1.54) is 37.9 Å². The van der Waals surface area contributed by atoms with Crippen LogP contribution in [-0.2, 0) is 0 Å². The standard InChI is InChI=1S/C49H29N3O/c1-2-12-33-27-36(22-19-30(33)9-1)47-50-48(37-24-25-41-34(28-37)21-20-32-11-4-6-15-39(32)41)52-49(51-47)43-17-8-18-44-46(43)42-26-23-35(29-45(42)53-44)40-16-7-13-31-10-3-5-14-38(31)40/h1-29H. The molecule has 4 heteroatoms. The van der Waals surface area contributed by atoms with Crippen LogP contribution in [0.1, 0.15) is 0 Å². The number of rotatable bonds is 4. The Bertz CT molecular complexity index is 3250. The second kappa shape index (κ2) is 11.7. The molecule has 2 aromatic heterocycles. The minimum Gasteiger partial charge on any atom is -0.456 e. The summed E-state index contributed by atoms with van der Waals surface area (Å²) >= 11 is 0. The SMILES string of the molecule is c1ccc2cc(-c3nc(-c4ccc5c(ccc6ccccc65)c4)nc(-c4cccc5oc6cc(-c7cccc8ccccc78)ccc6c45)n3)ccc2c1. The molecule has 0 aliphatic heterocycles. The number of benzene rings is 9. The summed E-state index contributed by atoms with van der Waals surface area (Å²) in [6.07, 6.45) is 0. The van der Waals surface area contributed by atoms with Crippen molar-refractivity contribution in [1.29, 1.82) is 0 Å². The molecule has 0 aliphatic carbocycles. The van der Waals surface area contributed by atoms with Crippen LogP contribution in [0.15, 0.2) is 180 Å². The third-order valence-corrected chi connectivity index (χ3v) is 10.5. The van der Waals surface area contributed by atoms with Gasteiger partial charge in [-0.05, 0) is 84.5 Å². The predicted molar refractivity (Wildman–Crippen MR) is 219 cm³/mol. The van der Waals surface area contributed by atoms with Crippen LogP contribution in [0.3, 0.4) is 0 Å². The lowest BCUT2D eigenvalue weighted by Crippen LogP contribution is -2.00. The Labute approximate surface area is 304 Å². The van der Waals surface area contributed by atoms with E-state index in [1.807, 2.05) is 12.1 Å². The minimum absolute atomic E-state index is 0.600. The van der Waals surface area contributed by atoms with E-state index in [-0.39, 0.29) is 0 Å². The van der Waals surface area contributed by atoms with Gasteiger partial charge in [0.1, 0.15) is 11.2 Å². The quantitative estimate of drug-likeness (QED) is 0.174. The van der Waals surface area contributed by atoms with Gasteiger partial charge in [-0.2, -0.15) is 0 Å². The molecule has 0 bridgehead atoms. The summed E-state index contributed by atoms with van der Waals surface area (Å²) in [6, 6.07) is 61.7.